The van der Waals surface area contributed by atoms with Crippen LogP contribution in [0.4, 0.5) is 5.13 Å². The predicted octanol–water partition coefficient (Wildman–Crippen LogP) is 1.80. The molecule has 0 bridgehead atoms. The maximum absolute atomic E-state index is 12.0. The van der Waals surface area contributed by atoms with Gasteiger partial charge in [0.1, 0.15) is 11.0 Å². The lowest BCUT2D eigenvalue weighted by molar-refractivity contribution is -0.117. The number of carbonyl (C=O) groups is 1. The van der Waals surface area contributed by atoms with Gasteiger partial charge < -0.3 is 10.6 Å². The molecule has 1 amide bonds. The highest BCUT2D eigenvalue weighted by atomic mass is 32.1. The number of fused-ring (bicyclic) bond motifs is 1. The first-order valence-electron chi connectivity index (χ1n) is 6.37. The normalized spacial score (nSPS) is 12.4. The van der Waals surface area contributed by atoms with Crippen LogP contribution in [-0.4, -0.2) is 27.2 Å². The van der Waals surface area contributed by atoms with E-state index in [1.807, 2.05) is 23.6 Å². The molecule has 8 heteroatoms. The smallest absolute Gasteiger partial charge is 0.243 e. The van der Waals surface area contributed by atoms with Crippen molar-refractivity contribution in [3.63, 3.8) is 0 Å². The summed E-state index contributed by atoms with van der Waals surface area (Å²) in [5, 5.41) is 15.9. The number of carbonyl (C=O) groups excluding carboxylic acids is 1. The van der Waals surface area contributed by atoms with Gasteiger partial charge >= 0.3 is 0 Å². The molecular formula is C13H13N5O2S. The van der Waals surface area contributed by atoms with E-state index < -0.39 is 0 Å². The molecule has 0 fully saturated rings. The molecule has 0 aliphatic rings. The van der Waals surface area contributed by atoms with Gasteiger partial charge in [-0.3, -0.25) is 4.79 Å². The van der Waals surface area contributed by atoms with Gasteiger partial charge in [-0.2, -0.15) is 0 Å². The first-order valence-corrected chi connectivity index (χ1v) is 7.25. The Balaban J connectivity index is 1.57. The largest absolute Gasteiger partial charge is 0.302 e. The molecule has 7 nitrogen and oxygen atoms in total. The van der Waals surface area contributed by atoms with Gasteiger partial charge in [0.15, 0.2) is 5.13 Å². The lowest BCUT2D eigenvalue weighted by atomic mass is 10.2. The van der Waals surface area contributed by atoms with E-state index in [1.165, 1.54) is 11.3 Å². The summed E-state index contributed by atoms with van der Waals surface area (Å²) >= 11 is 1.39. The van der Waals surface area contributed by atoms with Crippen molar-refractivity contribution < 1.29 is 9.42 Å². The van der Waals surface area contributed by atoms with Crippen LogP contribution in [0.5, 0.6) is 0 Å². The fourth-order valence-corrected chi connectivity index (χ4v) is 2.33. The number of hydrogen-bond acceptors (Lipinski definition) is 7. The van der Waals surface area contributed by atoms with Gasteiger partial charge in [0.2, 0.25) is 5.91 Å². The maximum atomic E-state index is 12.0. The zero-order valence-corrected chi connectivity index (χ0v) is 12.1. The molecule has 0 saturated carbocycles. The van der Waals surface area contributed by atoms with Crippen molar-refractivity contribution >= 4 is 33.4 Å². The van der Waals surface area contributed by atoms with E-state index in [4.69, 9.17) is 0 Å². The number of thiazole rings is 1. The third kappa shape index (κ3) is 3.23. The standard InChI is InChI=1S/C13H13N5O2S/c1-8(12(19)16-13-14-4-5-21-13)15-7-9-2-3-10-11(6-9)18-20-17-10/h2-6,8,15H,7H2,1H3,(H,14,16,19). The first-order chi connectivity index (χ1) is 10.2. The van der Waals surface area contributed by atoms with Crippen LogP contribution in [0.1, 0.15) is 12.5 Å². The molecule has 0 saturated heterocycles. The highest BCUT2D eigenvalue weighted by molar-refractivity contribution is 7.13. The summed E-state index contributed by atoms with van der Waals surface area (Å²) in [4.78, 5) is 16.0. The van der Waals surface area contributed by atoms with Crippen molar-refractivity contribution in [2.24, 2.45) is 0 Å². The minimum Gasteiger partial charge on any atom is -0.302 e. The van der Waals surface area contributed by atoms with Gasteiger partial charge in [0.25, 0.3) is 0 Å². The number of nitrogens with one attached hydrogen (secondary N) is 2. The van der Waals surface area contributed by atoms with Gasteiger partial charge in [-0.15, -0.1) is 11.3 Å². The molecule has 108 valence electrons. The van der Waals surface area contributed by atoms with Crippen molar-refractivity contribution in [1.82, 2.24) is 20.6 Å². The van der Waals surface area contributed by atoms with Crippen molar-refractivity contribution in [2.45, 2.75) is 19.5 Å². The number of hydrogen-bond donors (Lipinski definition) is 2. The molecule has 3 rings (SSSR count). The number of amides is 1. The summed E-state index contributed by atoms with van der Waals surface area (Å²) in [6, 6.07) is 5.30. The van der Waals surface area contributed by atoms with Crippen LogP contribution in [-0.2, 0) is 11.3 Å². The minimum atomic E-state index is -0.333. The lowest BCUT2D eigenvalue weighted by Gasteiger charge is -2.12. The van der Waals surface area contributed by atoms with E-state index in [9.17, 15) is 4.79 Å². The second-order valence-corrected chi connectivity index (χ2v) is 5.41. The number of nitrogens with zero attached hydrogens (tertiary/aromatic N) is 3. The second kappa shape index (κ2) is 5.98. The van der Waals surface area contributed by atoms with Crippen molar-refractivity contribution in [3.05, 3.63) is 35.3 Å². The summed E-state index contributed by atoms with van der Waals surface area (Å²) in [6.45, 7) is 2.36. The number of anilines is 1. The highest BCUT2D eigenvalue weighted by Gasteiger charge is 2.13. The van der Waals surface area contributed by atoms with Gasteiger partial charge in [0.05, 0.1) is 6.04 Å². The van der Waals surface area contributed by atoms with Gasteiger partial charge in [-0.1, -0.05) is 6.07 Å². The average molecular weight is 303 g/mol. The summed E-state index contributed by atoms with van der Waals surface area (Å²) < 4.78 is 4.65. The number of benzene rings is 1. The summed E-state index contributed by atoms with van der Waals surface area (Å²) in [6.07, 6.45) is 1.65. The van der Waals surface area contributed by atoms with Gasteiger partial charge in [-0.25, -0.2) is 9.61 Å². The maximum Gasteiger partial charge on any atom is 0.243 e. The van der Waals surface area contributed by atoms with E-state index in [0.29, 0.717) is 22.7 Å². The topological polar surface area (TPSA) is 92.9 Å². The van der Waals surface area contributed by atoms with Crippen LogP contribution in [0.2, 0.25) is 0 Å². The van der Waals surface area contributed by atoms with Gasteiger partial charge in [-0.05, 0) is 34.9 Å². The highest BCUT2D eigenvalue weighted by Crippen LogP contribution is 2.12. The van der Waals surface area contributed by atoms with Crippen LogP contribution in [0.15, 0.2) is 34.4 Å². The Labute approximate surface area is 124 Å². The van der Waals surface area contributed by atoms with Crippen LogP contribution in [0.3, 0.4) is 0 Å². The van der Waals surface area contributed by atoms with Crippen LogP contribution in [0.25, 0.3) is 11.0 Å². The molecule has 2 N–H and O–H groups in total. The lowest BCUT2D eigenvalue weighted by Crippen LogP contribution is -2.37. The van der Waals surface area contributed by atoms with Crippen molar-refractivity contribution in [1.29, 1.82) is 0 Å². The molecule has 0 radical (unpaired) electrons. The quantitative estimate of drug-likeness (QED) is 0.746. The third-order valence-corrected chi connectivity index (χ3v) is 3.67. The molecule has 0 aliphatic carbocycles. The minimum absolute atomic E-state index is 0.117. The number of rotatable bonds is 5. The average Bonchev–Trinajstić information content (AvgIpc) is 3.14. The second-order valence-electron chi connectivity index (χ2n) is 4.52. The zero-order valence-electron chi connectivity index (χ0n) is 11.2. The van der Waals surface area contributed by atoms with Crippen molar-refractivity contribution in [2.75, 3.05) is 5.32 Å². The molecule has 2 heterocycles. The van der Waals surface area contributed by atoms with Crippen LogP contribution < -0.4 is 10.6 Å². The molecule has 1 atom stereocenters. The molecule has 2 aromatic heterocycles. The van der Waals surface area contributed by atoms with Crippen LogP contribution >= 0.6 is 11.3 Å². The zero-order chi connectivity index (χ0) is 14.7. The Morgan fingerprint density at radius 3 is 3.05 bits per heavy atom. The Morgan fingerprint density at radius 2 is 2.24 bits per heavy atom. The Hall–Kier alpha value is -2.32. The van der Waals surface area contributed by atoms with Gasteiger partial charge in [0, 0.05) is 18.1 Å². The van der Waals surface area contributed by atoms with E-state index in [0.717, 1.165) is 5.56 Å². The molecule has 0 aliphatic heterocycles. The van der Waals surface area contributed by atoms with E-state index in [1.54, 1.807) is 13.1 Å². The van der Waals surface area contributed by atoms with Crippen LogP contribution in [0, 0.1) is 0 Å². The van der Waals surface area contributed by atoms with E-state index in [-0.39, 0.29) is 11.9 Å². The molecule has 1 unspecified atom stereocenters. The van der Waals surface area contributed by atoms with E-state index >= 15 is 0 Å². The molecule has 21 heavy (non-hydrogen) atoms. The number of aromatic nitrogens is 3. The molecule has 0 spiro atoms. The summed E-state index contributed by atoms with van der Waals surface area (Å²) in [7, 11) is 0. The predicted molar refractivity (Wildman–Crippen MR) is 78.8 cm³/mol. The van der Waals surface area contributed by atoms with E-state index in [2.05, 4.69) is 30.6 Å². The fourth-order valence-electron chi connectivity index (χ4n) is 1.80. The summed E-state index contributed by atoms with van der Waals surface area (Å²) in [5.41, 5.74) is 2.43. The first kappa shape index (κ1) is 13.7. The van der Waals surface area contributed by atoms with Crippen molar-refractivity contribution in [3.8, 4) is 0 Å². The third-order valence-electron chi connectivity index (χ3n) is 2.99. The fraction of sp³-hybridized carbons (Fsp3) is 0.231. The Kier molecular flexibility index (Phi) is 3.89. The molecule has 3 aromatic rings. The summed E-state index contributed by atoms with van der Waals surface area (Å²) in [5.74, 6) is -0.117. The SMILES string of the molecule is CC(NCc1ccc2nonc2c1)C(=O)Nc1nccs1. The Morgan fingerprint density at radius 1 is 1.38 bits per heavy atom. The Bertz CT molecular complexity index is 740. The molecule has 1 aromatic carbocycles. The molecular weight excluding hydrogens is 290 g/mol. The monoisotopic (exact) mass is 303 g/mol.